The first kappa shape index (κ1) is 18.0. The number of imidazole rings is 1. The van der Waals surface area contributed by atoms with Crippen LogP contribution in [0.3, 0.4) is 0 Å². The van der Waals surface area contributed by atoms with Gasteiger partial charge in [-0.05, 0) is 18.6 Å². The molecule has 7 heteroatoms. The van der Waals surface area contributed by atoms with Gasteiger partial charge in [-0.2, -0.15) is 0 Å². The quantitative estimate of drug-likeness (QED) is 0.881. The van der Waals surface area contributed by atoms with Crippen LogP contribution in [-0.4, -0.2) is 62.9 Å². The van der Waals surface area contributed by atoms with Crippen molar-refractivity contribution in [2.24, 2.45) is 13.0 Å². The molecule has 2 aliphatic rings. The summed E-state index contributed by atoms with van der Waals surface area (Å²) in [5, 5.41) is 3.23. The van der Waals surface area contributed by atoms with Crippen molar-refractivity contribution in [3.8, 4) is 0 Å². The van der Waals surface area contributed by atoms with Crippen LogP contribution < -0.4 is 5.32 Å². The fourth-order valence-electron chi connectivity index (χ4n) is 4.78. The molecule has 3 heterocycles. The Morgan fingerprint density at radius 2 is 2.04 bits per heavy atom. The summed E-state index contributed by atoms with van der Waals surface area (Å²) in [6.45, 7) is 7.00. The van der Waals surface area contributed by atoms with Gasteiger partial charge >= 0.3 is 0 Å². The molecule has 0 unspecified atom stereocenters. The Morgan fingerprint density at radius 1 is 1.26 bits per heavy atom. The van der Waals surface area contributed by atoms with E-state index in [1.165, 1.54) is 0 Å². The second kappa shape index (κ2) is 6.64. The van der Waals surface area contributed by atoms with E-state index in [1.807, 2.05) is 23.1 Å². The minimum atomic E-state index is -0.248. The number of rotatable bonds is 3. The maximum atomic E-state index is 11.9. The lowest BCUT2D eigenvalue weighted by atomic mass is 9.80. The van der Waals surface area contributed by atoms with E-state index in [4.69, 9.17) is 4.98 Å². The summed E-state index contributed by atoms with van der Waals surface area (Å²) in [6, 6.07) is 8.15. The van der Waals surface area contributed by atoms with Crippen molar-refractivity contribution < 1.29 is 9.59 Å². The summed E-state index contributed by atoms with van der Waals surface area (Å²) in [4.78, 5) is 32.8. The molecule has 2 aromatic rings. The van der Waals surface area contributed by atoms with Crippen LogP contribution in [0.1, 0.15) is 26.1 Å². The molecule has 2 aliphatic heterocycles. The SMILES string of the molecule is CC(=O)N[C@@]12CCN(C(C)=O)C[C@@H]1CN(Cc1nc3ccccc3n1C)C2. The summed E-state index contributed by atoms with van der Waals surface area (Å²) in [7, 11) is 2.05. The van der Waals surface area contributed by atoms with Crippen LogP contribution in [0.2, 0.25) is 0 Å². The maximum absolute atomic E-state index is 11.9. The number of likely N-dealkylation sites (tertiary alicyclic amines) is 2. The molecule has 144 valence electrons. The van der Waals surface area contributed by atoms with Crippen molar-refractivity contribution in [3.05, 3.63) is 30.1 Å². The standard InChI is InChI=1S/C20H27N5O2/c1-14(26)22-20-8-9-25(15(2)27)11-16(20)10-24(13-20)12-19-21-17-6-4-5-7-18(17)23(19)3/h4-7,16H,8-13H2,1-3H3,(H,22,26)/t16-,20+/m0/s1. The molecule has 0 saturated carbocycles. The lowest BCUT2D eigenvalue weighted by Gasteiger charge is -2.43. The van der Waals surface area contributed by atoms with Gasteiger partial charge in [0, 0.05) is 53.0 Å². The molecule has 27 heavy (non-hydrogen) atoms. The average molecular weight is 369 g/mol. The molecule has 2 atom stereocenters. The van der Waals surface area contributed by atoms with Crippen molar-refractivity contribution in [3.63, 3.8) is 0 Å². The zero-order chi connectivity index (χ0) is 19.2. The number of carbonyl (C=O) groups excluding carboxylic acids is 2. The molecule has 0 bridgehead atoms. The van der Waals surface area contributed by atoms with E-state index in [9.17, 15) is 9.59 Å². The highest BCUT2D eigenvalue weighted by Crippen LogP contribution is 2.36. The van der Waals surface area contributed by atoms with Gasteiger partial charge < -0.3 is 14.8 Å². The summed E-state index contributed by atoms with van der Waals surface area (Å²) in [6.07, 6.45) is 0.801. The highest BCUT2D eigenvalue weighted by Gasteiger charge is 2.50. The number of benzene rings is 1. The molecule has 0 aliphatic carbocycles. The van der Waals surface area contributed by atoms with Crippen LogP contribution in [0.25, 0.3) is 11.0 Å². The number of piperidine rings is 1. The molecule has 1 aromatic carbocycles. The van der Waals surface area contributed by atoms with E-state index in [2.05, 4.69) is 27.9 Å². The lowest BCUT2D eigenvalue weighted by Crippen LogP contribution is -2.61. The van der Waals surface area contributed by atoms with Crippen molar-refractivity contribution in [1.29, 1.82) is 0 Å². The van der Waals surface area contributed by atoms with Gasteiger partial charge in [-0.15, -0.1) is 0 Å². The zero-order valence-corrected chi connectivity index (χ0v) is 16.2. The van der Waals surface area contributed by atoms with Crippen LogP contribution in [0, 0.1) is 5.92 Å². The van der Waals surface area contributed by atoms with Gasteiger partial charge in [-0.1, -0.05) is 12.1 Å². The predicted molar refractivity (Wildman–Crippen MR) is 103 cm³/mol. The van der Waals surface area contributed by atoms with E-state index in [0.717, 1.165) is 42.9 Å². The molecule has 2 amide bonds. The first-order chi connectivity index (χ1) is 12.9. The fourth-order valence-corrected chi connectivity index (χ4v) is 4.78. The summed E-state index contributed by atoms with van der Waals surface area (Å²) in [5.41, 5.74) is 1.89. The maximum Gasteiger partial charge on any atom is 0.219 e. The number of hydrogen-bond donors (Lipinski definition) is 1. The minimum Gasteiger partial charge on any atom is -0.349 e. The van der Waals surface area contributed by atoms with E-state index in [-0.39, 0.29) is 23.3 Å². The van der Waals surface area contributed by atoms with Crippen molar-refractivity contribution in [2.45, 2.75) is 32.4 Å². The normalized spacial score (nSPS) is 25.6. The number of carbonyl (C=O) groups is 2. The van der Waals surface area contributed by atoms with E-state index in [0.29, 0.717) is 13.1 Å². The Kier molecular flexibility index (Phi) is 4.42. The first-order valence-corrected chi connectivity index (χ1v) is 9.55. The highest BCUT2D eigenvalue weighted by molar-refractivity contribution is 5.76. The first-order valence-electron chi connectivity index (χ1n) is 9.55. The monoisotopic (exact) mass is 369 g/mol. The number of para-hydroxylation sites is 2. The van der Waals surface area contributed by atoms with Crippen LogP contribution in [-0.2, 0) is 23.2 Å². The van der Waals surface area contributed by atoms with Gasteiger partial charge in [0.05, 0.1) is 23.1 Å². The molecule has 0 radical (unpaired) electrons. The molecule has 2 fully saturated rings. The summed E-state index contributed by atoms with van der Waals surface area (Å²) in [5.74, 6) is 1.38. The summed E-state index contributed by atoms with van der Waals surface area (Å²) < 4.78 is 2.14. The molecule has 2 saturated heterocycles. The Balaban J connectivity index is 1.57. The van der Waals surface area contributed by atoms with E-state index < -0.39 is 0 Å². The highest BCUT2D eigenvalue weighted by atomic mass is 16.2. The third kappa shape index (κ3) is 3.20. The third-order valence-corrected chi connectivity index (χ3v) is 6.15. The second-order valence-electron chi connectivity index (χ2n) is 7.99. The van der Waals surface area contributed by atoms with Crippen LogP contribution >= 0.6 is 0 Å². The Hall–Kier alpha value is -2.41. The van der Waals surface area contributed by atoms with Crippen LogP contribution in [0.15, 0.2) is 24.3 Å². The Morgan fingerprint density at radius 3 is 2.74 bits per heavy atom. The predicted octanol–water partition coefficient (Wildman–Crippen LogP) is 1.13. The molecular formula is C20H27N5O2. The smallest absolute Gasteiger partial charge is 0.219 e. The Bertz CT molecular complexity index is 892. The van der Waals surface area contributed by atoms with Gasteiger partial charge in [0.25, 0.3) is 0 Å². The molecule has 1 aromatic heterocycles. The van der Waals surface area contributed by atoms with Crippen molar-refractivity contribution >= 4 is 22.8 Å². The van der Waals surface area contributed by atoms with Gasteiger partial charge in [0.15, 0.2) is 0 Å². The van der Waals surface area contributed by atoms with Gasteiger partial charge in [0.2, 0.25) is 11.8 Å². The lowest BCUT2D eigenvalue weighted by molar-refractivity contribution is -0.132. The number of amides is 2. The number of aryl methyl sites for hydroxylation is 1. The molecular weight excluding hydrogens is 342 g/mol. The van der Waals surface area contributed by atoms with E-state index >= 15 is 0 Å². The molecule has 7 nitrogen and oxygen atoms in total. The number of fused-ring (bicyclic) bond motifs is 2. The molecule has 0 spiro atoms. The van der Waals surface area contributed by atoms with Crippen LogP contribution in [0.5, 0.6) is 0 Å². The number of nitrogens with zero attached hydrogens (tertiary/aromatic N) is 4. The minimum absolute atomic E-state index is 0.000792. The van der Waals surface area contributed by atoms with Gasteiger partial charge in [-0.25, -0.2) is 4.98 Å². The number of nitrogens with one attached hydrogen (secondary N) is 1. The molecule has 4 rings (SSSR count). The zero-order valence-electron chi connectivity index (χ0n) is 16.2. The summed E-state index contributed by atoms with van der Waals surface area (Å²) >= 11 is 0. The number of hydrogen-bond acceptors (Lipinski definition) is 4. The second-order valence-corrected chi connectivity index (χ2v) is 7.99. The van der Waals surface area contributed by atoms with Crippen molar-refractivity contribution in [2.75, 3.05) is 26.2 Å². The molecule has 1 N–H and O–H groups in total. The fraction of sp³-hybridized carbons (Fsp3) is 0.550. The van der Waals surface area contributed by atoms with Crippen molar-refractivity contribution in [1.82, 2.24) is 24.7 Å². The average Bonchev–Trinajstić information content (AvgIpc) is 3.11. The topological polar surface area (TPSA) is 70.5 Å². The largest absolute Gasteiger partial charge is 0.349 e. The van der Waals surface area contributed by atoms with Crippen LogP contribution in [0.4, 0.5) is 0 Å². The third-order valence-electron chi connectivity index (χ3n) is 6.15. The van der Waals surface area contributed by atoms with Gasteiger partial charge in [-0.3, -0.25) is 14.5 Å². The Labute approximate surface area is 159 Å². The number of aromatic nitrogens is 2. The van der Waals surface area contributed by atoms with Gasteiger partial charge in [0.1, 0.15) is 5.82 Å². The van der Waals surface area contributed by atoms with E-state index in [1.54, 1.807) is 13.8 Å².